The van der Waals surface area contributed by atoms with E-state index in [-0.39, 0.29) is 6.42 Å². The number of aliphatic carboxylic acids is 1. The summed E-state index contributed by atoms with van der Waals surface area (Å²) in [5, 5.41) is 17.8. The lowest BCUT2D eigenvalue weighted by Crippen LogP contribution is -2.27. The van der Waals surface area contributed by atoms with Crippen LogP contribution < -0.4 is 15.7 Å². The van der Waals surface area contributed by atoms with Gasteiger partial charge in [0.15, 0.2) is 5.11 Å². The quantitative estimate of drug-likeness (QED) is 0.821. The largest absolute Gasteiger partial charge is 0.550 e. The van der Waals surface area contributed by atoms with Crippen LogP contribution in [0.15, 0.2) is 48.5 Å². The van der Waals surface area contributed by atoms with Crippen LogP contribution in [0.4, 0.5) is 5.69 Å². The highest BCUT2D eigenvalue weighted by Crippen LogP contribution is 2.11. The molecular weight excluding hydrogens is 320 g/mol. The Balaban J connectivity index is 1.83. The van der Waals surface area contributed by atoms with Crippen LogP contribution in [0.1, 0.15) is 11.1 Å². The van der Waals surface area contributed by atoms with E-state index in [0.29, 0.717) is 22.2 Å². The first-order chi connectivity index (χ1) is 10.5. The van der Waals surface area contributed by atoms with Crippen molar-refractivity contribution >= 4 is 40.6 Å². The number of benzene rings is 2. The van der Waals surface area contributed by atoms with Crippen LogP contribution in [0, 0.1) is 0 Å². The van der Waals surface area contributed by atoms with Crippen molar-refractivity contribution in [3.05, 3.63) is 64.7 Å². The second-order valence-electron chi connectivity index (χ2n) is 4.68. The maximum absolute atomic E-state index is 10.5. The molecule has 0 unspecified atom stereocenters. The van der Waals surface area contributed by atoms with Gasteiger partial charge in [-0.2, -0.15) is 0 Å². The van der Waals surface area contributed by atoms with Crippen LogP contribution in [0.3, 0.4) is 0 Å². The first-order valence-electron chi connectivity index (χ1n) is 6.61. The van der Waals surface area contributed by atoms with Crippen molar-refractivity contribution < 1.29 is 9.90 Å². The summed E-state index contributed by atoms with van der Waals surface area (Å²) in [5.41, 5.74) is 2.54. The van der Waals surface area contributed by atoms with Gasteiger partial charge < -0.3 is 20.5 Å². The smallest absolute Gasteiger partial charge is 0.171 e. The van der Waals surface area contributed by atoms with Gasteiger partial charge in [0.05, 0.1) is 0 Å². The van der Waals surface area contributed by atoms with Crippen LogP contribution in [-0.2, 0) is 17.8 Å². The number of hydrogen-bond donors (Lipinski definition) is 2. The minimum absolute atomic E-state index is 0.0977. The number of hydrogen-bond acceptors (Lipinski definition) is 3. The Kier molecular flexibility index (Phi) is 5.75. The third kappa shape index (κ3) is 5.35. The molecule has 0 saturated heterocycles. The fourth-order valence-electron chi connectivity index (χ4n) is 1.83. The van der Waals surface area contributed by atoms with Gasteiger partial charge in [0.1, 0.15) is 0 Å². The van der Waals surface area contributed by atoms with E-state index >= 15 is 0 Å². The van der Waals surface area contributed by atoms with Gasteiger partial charge in [-0.1, -0.05) is 35.9 Å². The number of carbonyl (C=O) groups is 1. The Labute approximate surface area is 139 Å². The molecule has 4 nitrogen and oxygen atoms in total. The molecule has 0 aliphatic carbocycles. The van der Waals surface area contributed by atoms with Crippen molar-refractivity contribution in [2.45, 2.75) is 13.0 Å². The van der Waals surface area contributed by atoms with Gasteiger partial charge in [0, 0.05) is 29.6 Å². The zero-order chi connectivity index (χ0) is 15.9. The highest BCUT2D eigenvalue weighted by Gasteiger charge is 1.99. The molecule has 0 aromatic heterocycles. The third-order valence-corrected chi connectivity index (χ3v) is 3.42. The minimum atomic E-state index is -1.10. The summed E-state index contributed by atoms with van der Waals surface area (Å²) < 4.78 is 0. The fourth-order valence-corrected chi connectivity index (χ4v) is 2.15. The highest BCUT2D eigenvalue weighted by atomic mass is 35.5. The van der Waals surface area contributed by atoms with Gasteiger partial charge in [-0.15, -0.1) is 0 Å². The second-order valence-corrected chi connectivity index (χ2v) is 5.52. The summed E-state index contributed by atoms with van der Waals surface area (Å²) in [6, 6.07) is 14.5. The van der Waals surface area contributed by atoms with E-state index < -0.39 is 5.97 Å². The fraction of sp³-hybridized carbons (Fsp3) is 0.125. The van der Waals surface area contributed by atoms with Gasteiger partial charge in [0.2, 0.25) is 0 Å². The Morgan fingerprint density at radius 1 is 1.05 bits per heavy atom. The lowest BCUT2D eigenvalue weighted by molar-refractivity contribution is -0.304. The molecule has 0 radical (unpaired) electrons. The molecule has 0 saturated carbocycles. The predicted octanol–water partition coefficient (Wildman–Crippen LogP) is 2.12. The van der Waals surface area contributed by atoms with Gasteiger partial charge in [-0.05, 0) is 47.6 Å². The average molecular weight is 334 g/mol. The Morgan fingerprint density at radius 2 is 1.64 bits per heavy atom. The van der Waals surface area contributed by atoms with E-state index in [1.54, 1.807) is 24.3 Å². The third-order valence-electron chi connectivity index (χ3n) is 2.93. The topological polar surface area (TPSA) is 64.2 Å². The predicted molar refractivity (Wildman–Crippen MR) is 89.7 cm³/mol. The zero-order valence-corrected chi connectivity index (χ0v) is 13.2. The molecule has 0 amide bonds. The van der Waals surface area contributed by atoms with Crippen molar-refractivity contribution in [2.24, 2.45) is 0 Å². The van der Waals surface area contributed by atoms with Crippen LogP contribution in [0.5, 0.6) is 0 Å². The normalized spacial score (nSPS) is 10.0. The minimum Gasteiger partial charge on any atom is -0.550 e. The molecule has 0 atom stereocenters. The molecular formula is C16H14ClN2O2S-. The molecule has 0 aliphatic heterocycles. The van der Waals surface area contributed by atoms with E-state index in [1.807, 2.05) is 24.3 Å². The zero-order valence-electron chi connectivity index (χ0n) is 11.6. The molecule has 0 aliphatic rings. The molecule has 2 aromatic carbocycles. The lowest BCUT2D eigenvalue weighted by atomic mass is 10.1. The SMILES string of the molecule is O=C([O-])Cc1ccc(NC(=S)NCc2ccc(Cl)cc2)cc1. The van der Waals surface area contributed by atoms with E-state index in [9.17, 15) is 9.90 Å². The molecule has 0 heterocycles. The van der Waals surface area contributed by atoms with Crippen molar-refractivity contribution in [3.63, 3.8) is 0 Å². The van der Waals surface area contributed by atoms with E-state index in [2.05, 4.69) is 10.6 Å². The standard InChI is InChI=1S/C16H15ClN2O2S/c17-13-5-1-12(2-6-13)10-18-16(22)19-14-7-3-11(4-8-14)9-15(20)21/h1-8H,9-10H2,(H,20,21)(H2,18,19,22)/p-1. The number of thiocarbonyl (C=S) groups is 1. The molecule has 2 rings (SSSR count). The number of nitrogens with one attached hydrogen (secondary N) is 2. The van der Waals surface area contributed by atoms with Gasteiger partial charge in [-0.25, -0.2) is 0 Å². The maximum Gasteiger partial charge on any atom is 0.171 e. The summed E-state index contributed by atoms with van der Waals surface area (Å²) in [5.74, 6) is -1.10. The maximum atomic E-state index is 10.5. The van der Waals surface area contributed by atoms with Gasteiger partial charge in [0.25, 0.3) is 0 Å². The Bertz CT molecular complexity index is 657. The van der Waals surface area contributed by atoms with E-state index in [0.717, 1.165) is 11.3 Å². The highest BCUT2D eigenvalue weighted by molar-refractivity contribution is 7.80. The van der Waals surface area contributed by atoms with Crippen LogP contribution in [0.25, 0.3) is 0 Å². The number of carbonyl (C=O) groups excluding carboxylic acids is 1. The van der Waals surface area contributed by atoms with Gasteiger partial charge >= 0.3 is 0 Å². The number of rotatable bonds is 5. The summed E-state index contributed by atoms with van der Waals surface area (Å²) in [6.07, 6.45) is -0.0977. The van der Waals surface area contributed by atoms with E-state index in [4.69, 9.17) is 23.8 Å². The molecule has 114 valence electrons. The Hall–Kier alpha value is -2.11. The summed E-state index contributed by atoms with van der Waals surface area (Å²) in [6.45, 7) is 0.589. The van der Waals surface area contributed by atoms with E-state index in [1.165, 1.54) is 0 Å². The molecule has 22 heavy (non-hydrogen) atoms. The molecule has 2 N–H and O–H groups in total. The second kappa shape index (κ2) is 7.77. The molecule has 2 aromatic rings. The Morgan fingerprint density at radius 3 is 2.23 bits per heavy atom. The molecule has 0 bridgehead atoms. The van der Waals surface area contributed by atoms with Crippen LogP contribution in [0.2, 0.25) is 5.02 Å². The van der Waals surface area contributed by atoms with Gasteiger partial charge in [-0.3, -0.25) is 0 Å². The number of carboxylic acid groups (broad SMARTS) is 1. The summed E-state index contributed by atoms with van der Waals surface area (Å²) in [7, 11) is 0. The summed E-state index contributed by atoms with van der Waals surface area (Å²) in [4.78, 5) is 10.5. The number of anilines is 1. The van der Waals surface area contributed by atoms with Crippen LogP contribution >= 0.6 is 23.8 Å². The number of carboxylic acids is 1. The lowest BCUT2D eigenvalue weighted by Gasteiger charge is -2.11. The van der Waals surface area contributed by atoms with Crippen molar-refractivity contribution in [3.8, 4) is 0 Å². The van der Waals surface area contributed by atoms with Crippen LogP contribution in [-0.4, -0.2) is 11.1 Å². The first-order valence-corrected chi connectivity index (χ1v) is 7.39. The number of halogens is 1. The molecule has 0 fully saturated rings. The molecule has 0 spiro atoms. The summed E-state index contributed by atoms with van der Waals surface area (Å²) >= 11 is 11.0. The van der Waals surface area contributed by atoms with Crippen molar-refractivity contribution in [1.29, 1.82) is 0 Å². The monoisotopic (exact) mass is 333 g/mol. The molecule has 6 heteroatoms. The first kappa shape index (κ1) is 16.3. The average Bonchev–Trinajstić information content (AvgIpc) is 2.48. The van der Waals surface area contributed by atoms with Crippen molar-refractivity contribution in [2.75, 3.05) is 5.32 Å². The van der Waals surface area contributed by atoms with Crippen molar-refractivity contribution in [1.82, 2.24) is 5.32 Å².